The molecule has 0 radical (unpaired) electrons. The van der Waals surface area contributed by atoms with Gasteiger partial charge in [-0.15, -0.1) is 0 Å². The molecule has 1 saturated heterocycles. The molecule has 7 heteroatoms. The Morgan fingerprint density at radius 2 is 2.33 bits per heavy atom. The second-order valence-electron chi connectivity index (χ2n) is 4.05. The van der Waals surface area contributed by atoms with Gasteiger partial charge in [0.2, 0.25) is 5.91 Å². The van der Waals surface area contributed by atoms with E-state index in [0.29, 0.717) is 13.1 Å². The van der Waals surface area contributed by atoms with Gasteiger partial charge in [0.05, 0.1) is 16.9 Å². The van der Waals surface area contributed by atoms with Crippen LogP contribution < -0.4 is 10.2 Å². The molecule has 0 spiro atoms. The number of hydrogen-bond donors (Lipinski definition) is 1. The third kappa shape index (κ3) is 2.95. The lowest BCUT2D eigenvalue weighted by Crippen LogP contribution is -2.54. The standard InChI is InChI=1S/C11H12BrF2N3O/c12-8-2-1-3-15-10(8)17-5-7(6-17)11(18)16-4-9(13)14/h1-3,7,9H,4-6H2,(H,16,18). The molecule has 1 aromatic rings. The molecule has 98 valence electrons. The van der Waals surface area contributed by atoms with Crippen LogP contribution in [-0.4, -0.2) is 37.0 Å². The Balaban J connectivity index is 1.84. The second-order valence-corrected chi connectivity index (χ2v) is 4.90. The molecule has 1 N–H and O–H groups in total. The number of pyridine rings is 1. The average molecular weight is 320 g/mol. The van der Waals surface area contributed by atoms with E-state index in [-0.39, 0.29) is 11.8 Å². The first-order valence-corrected chi connectivity index (χ1v) is 6.28. The first-order chi connectivity index (χ1) is 8.58. The summed E-state index contributed by atoms with van der Waals surface area (Å²) in [6.45, 7) is 0.429. The fourth-order valence-electron chi connectivity index (χ4n) is 1.75. The van der Waals surface area contributed by atoms with E-state index in [1.807, 2.05) is 11.0 Å². The van der Waals surface area contributed by atoms with E-state index in [1.54, 1.807) is 12.3 Å². The normalized spacial score (nSPS) is 15.7. The number of nitrogens with zero attached hydrogens (tertiary/aromatic N) is 2. The zero-order chi connectivity index (χ0) is 13.1. The van der Waals surface area contributed by atoms with Crippen molar-refractivity contribution in [3.63, 3.8) is 0 Å². The van der Waals surface area contributed by atoms with E-state index in [0.717, 1.165) is 10.3 Å². The summed E-state index contributed by atoms with van der Waals surface area (Å²) in [5, 5.41) is 2.22. The highest BCUT2D eigenvalue weighted by Gasteiger charge is 2.34. The molecule has 1 aliphatic rings. The maximum absolute atomic E-state index is 11.9. The van der Waals surface area contributed by atoms with Crippen LogP contribution in [0, 0.1) is 5.92 Å². The molecule has 1 fully saturated rings. The molecule has 0 aromatic carbocycles. The Morgan fingerprint density at radius 3 is 2.94 bits per heavy atom. The van der Waals surface area contributed by atoms with E-state index >= 15 is 0 Å². The quantitative estimate of drug-likeness (QED) is 0.918. The van der Waals surface area contributed by atoms with Gasteiger partial charge in [-0.3, -0.25) is 4.79 Å². The van der Waals surface area contributed by atoms with Crippen molar-refractivity contribution < 1.29 is 13.6 Å². The van der Waals surface area contributed by atoms with Crippen molar-refractivity contribution in [2.24, 2.45) is 5.92 Å². The fraction of sp³-hybridized carbons (Fsp3) is 0.455. The molecule has 0 saturated carbocycles. The minimum Gasteiger partial charge on any atom is -0.354 e. The summed E-state index contributed by atoms with van der Waals surface area (Å²) in [6, 6.07) is 3.67. The van der Waals surface area contributed by atoms with Gasteiger partial charge in [-0.05, 0) is 28.1 Å². The largest absolute Gasteiger partial charge is 0.354 e. The predicted octanol–water partition coefficient (Wildman–Crippen LogP) is 1.66. The maximum atomic E-state index is 11.9. The van der Waals surface area contributed by atoms with Crippen LogP contribution in [-0.2, 0) is 4.79 Å². The van der Waals surface area contributed by atoms with Gasteiger partial charge in [0.15, 0.2) is 0 Å². The van der Waals surface area contributed by atoms with Crippen LogP contribution in [0.4, 0.5) is 14.6 Å². The highest BCUT2D eigenvalue weighted by atomic mass is 79.9. The Bertz CT molecular complexity index is 438. The highest BCUT2D eigenvalue weighted by Crippen LogP contribution is 2.29. The molecule has 1 aliphatic heterocycles. The smallest absolute Gasteiger partial charge is 0.255 e. The number of anilines is 1. The summed E-state index contributed by atoms with van der Waals surface area (Å²) < 4.78 is 24.7. The number of halogens is 3. The van der Waals surface area contributed by atoms with Crippen molar-refractivity contribution in [3.05, 3.63) is 22.8 Å². The summed E-state index contributed by atoms with van der Waals surface area (Å²) in [5.74, 6) is 0.215. The van der Waals surface area contributed by atoms with Crippen LogP contribution in [0.2, 0.25) is 0 Å². The van der Waals surface area contributed by atoms with E-state index < -0.39 is 13.0 Å². The number of alkyl halides is 2. The van der Waals surface area contributed by atoms with Crippen LogP contribution in [0.5, 0.6) is 0 Å². The number of nitrogens with one attached hydrogen (secondary N) is 1. The molecule has 0 unspecified atom stereocenters. The SMILES string of the molecule is O=C(NCC(F)F)C1CN(c2ncccc2Br)C1. The number of amides is 1. The number of aromatic nitrogens is 1. The summed E-state index contributed by atoms with van der Waals surface area (Å²) in [5.41, 5.74) is 0. The molecular formula is C11H12BrF2N3O. The highest BCUT2D eigenvalue weighted by molar-refractivity contribution is 9.10. The maximum Gasteiger partial charge on any atom is 0.255 e. The lowest BCUT2D eigenvalue weighted by molar-refractivity contribution is -0.126. The summed E-state index contributed by atoms with van der Waals surface area (Å²) >= 11 is 3.37. The van der Waals surface area contributed by atoms with Gasteiger partial charge in [-0.25, -0.2) is 13.8 Å². The monoisotopic (exact) mass is 319 g/mol. The van der Waals surface area contributed by atoms with Crippen LogP contribution in [0.1, 0.15) is 0 Å². The molecule has 4 nitrogen and oxygen atoms in total. The molecule has 0 bridgehead atoms. The topological polar surface area (TPSA) is 45.2 Å². The van der Waals surface area contributed by atoms with Gasteiger partial charge in [0.25, 0.3) is 6.43 Å². The lowest BCUT2D eigenvalue weighted by Gasteiger charge is -2.39. The van der Waals surface area contributed by atoms with Crippen LogP contribution in [0.3, 0.4) is 0 Å². The summed E-state index contributed by atoms with van der Waals surface area (Å²) in [6.07, 6.45) is -0.834. The van der Waals surface area contributed by atoms with Gasteiger partial charge in [-0.2, -0.15) is 0 Å². The predicted molar refractivity (Wildman–Crippen MR) is 66.7 cm³/mol. The average Bonchev–Trinajstić information content (AvgIpc) is 2.27. The van der Waals surface area contributed by atoms with Gasteiger partial charge in [0, 0.05) is 19.3 Å². The Hall–Kier alpha value is -1.24. The van der Waals surface area contributed by atoms with Crippen molar-refractivity contribution >= 4 is 27.7 Å². The van der Waals surface area contributed by atoms with E-state index in [4.69, 9.17) is 0 Å². The Labute approximate surface area is 112 Å². The summed E-state index contributed by atoms with van der Waals surface area (Å²) in [4.78, 5) is 17.6. The minimum absolute atomic E-state index is 0.238. The number of hydrogen-bond acceptors (Lipinski definition) is 3. The zero-order valence-corrected chi connectivity index (χ0v) is 11.0. The van der Waals surface area contributed by atoms with Gasteiger partial charge in [0.1, 0.15) is 5.82 Å². The van der Waals surface area contributed by atoms with E-state index in [2.05, 4.69) is 26.2 Å². The molecule has 0 atom stereocenters. The second kappa shape index (κ2) is 5.60. The van der Waals surface area contributed by atoms with Gasteiger partial charge in [-0.1, -0.05) is 0 Å². The Kier molecular flexibility index (Phi) is 4.11. The van der Waals surface area contributed by atoms with Crippen LogP contribution in [0.25, 0.3) is 0 Å². The van der Waals surface area contributed by atoms with Crippen LogP contribution in [0.15, 0.2) is 22.8 Å². The van der Waals surface area contributed by atoms with E-state index in [9.17, 15) is 13.6 Å². The van der Waals surface area contributed by atoms with Gasteiger partial charge < -0.3 is 10.2 Å². The van der Waals surface area contributed by atoms with Gasteiger partial charge >= 0.3 is 0 Å². The van der Waals surface area contributed by atoms with Crippen molar-refractivity contribution in [1.82, 2.24) is 10.3 Å². The van der Waals surface area contributed by atoms with Crippen molar-refractivity contribution in [3.8, 4) is 0 Å². The molecule has 0 aliphatic carbocycles. The first-order valence-electron chi connectivity index (χ1n) is 5.49. The zero-order valence-electron chi connectivity index (χ0n) is 9.44. The third-order valence-electron chi connectivity index (χ3n) is 2.72. The molecular weight excluding hydrogens is 308 g/mol. The van der Waals surface area contributed by atoms with Crippen molar-refractivity contribution in [2.75, 3.05) is 24.5 Å². The number of carbonyl (C=O) groups excluding carboxylic acids is 1. The Morgan fingerprint density at radius 1 is 1.61 bits per heavy atom. The third-order valence-corrected chi connectivity index (χ3v) is 3.34. The molecule has 18 heavy (non-hydrogen) atoms. The van der Waals surface area contributed by atoms with Crippen molar-refractivity contribution in [2.45, 2.75) is 6.43 Å². The molecule has 2 rings (SSSR count). The number of carbonyl (C=O) groups is 1. The van der Waals surface area contributed by atoms with E-state index in [1.165, 1.54) is 0 Å². The molecule has 1 amide bonds. The van der Waals surface area contributed by atoms with Crippen molar-refractivity contribution in [1.29, 1.82) is 0 Å². The van der Waals surface area contributed by atoms with Crippen LogP contribution >= 0.6 is 15.9 Å². The number of rotatable bonds is 4. The summed E-state index contributed by atoms with van der Waals surface area (Å²) in [7, 11) is 0. The molecule has 1 aromatic heterocycles. The minimum atomic E-state index is -2.50. The first kappa shape index (κ1) is 13.2. The fourth-order valence-corrected chi connectivity index (χ4v) is 2.26. The molecule has 2 heterocycles. The lowest BCUT2D eigenvalue weighted by atomic mass is 9.99.